The van der Waals surface area contributed by atoms with Crippen LogP contribution >= 0.6 is 0 Å². The summed E-state index contributed by atoms with van der Waals surface area (Å²) in [6, 6.07) is 4.05. The molecule has 1 aliphatic carbocycles. The predicted molar refractivity (Wildman–Crippen MR) is 102 cm³/mol. The maximum atomic E-state index is 12.5. The van der Waals surface area contributed by atoms with E-state index in [0.717, 1.165) is 64.0 Å². The Morgan fingerprint density at radius 2 is 1.74 bits per heavy atom. The molecule has 0 spiro atoms. The summed E-state index contributed by atoms with van der Waals surface area (Å²) in [6.45, 7) is 5.04. The van der Waals surface area contributed by atoms with E-state index in [4.69, 9.17) is 4.74 Å². The van der Waals surface area contributed by atoms with Crippen molar-refractivity contribution in [3.05, 3.63) is 22.5 Å². The lowest BCUT2D eigenvalue weighted by atomic mass is 9.91. The Kier molecular flexibility index (Phi) is 5.33. The molecule has 3 aliphatic rings. The summed E-state index contributed by atoms with van der Waals surface area (Å²) in [5, 5.41) is 4.30. The van der Waals surface area contributed by atoms with Crippen LogP contribution in [0.5, 0.6) is 0 Å². The van der Waals surface area contributed by atoms with Gasteiger partial charge in [0.05, 0.1) is 0 Å². The highest BCUT2D eigenvalue weighted by Crippen LogP contribution is 2.26. The lowest BCUT2D eigenvalue weighted by Crippen LogP contribution is -2.54. The van der Waals surface area contributed by atoms with Crippen LogP contribution in [0, 0.1) is 0 Å². The minimum atomic E-state index is -0.165. The molecular formula is C19H29N5O3. The summed E-state index contributed by atoms with van der Waals surface area (Å²) in [4.78, 5) is 30.5. The molecule has 1 aromatic rings. The van der Waals surface area contributed by atoms with Crippen LogP contribution in [0.3, 0.4) is 0 Å². The Morgan fingerprint density at radius 3 is 2.33 bits per heavy atom. The normalized spacial score (nSPS) is 22.6. The Balaban J connectivity index is 1.22. The van der Waals surface area contributed by atoms with Gasteiger partial charge in [0.1, 0.15) is 11.9 Å². The largest absolute Gasteiger partial charge is 0.446 e. The quantitative estimate of drug-likeness (QED) is 0.787. The van der Waals surface area contributed by atoms with E-state index in [2.05, 4.69) is 14.9 Å². The summed E-state index contributed by atoms with van der Waals surface area (Å²) in [6.07, 6.45) is 5.35. The summed E-state index contributed by atoms with van der Waals surface area (Å²) in [5.74, 6) is 0.800. The number of amides is 1. The molecule has 0 unspecified atom stereocenters. The van der Waals surface area contributed by atoms with Crippen molar-refractivity contribution in [1.29, 1.82) is 0 Å². The van der Waals surface area contributed by atoms with Crippen LogP contribution in [0.2, 0.25) is 0 Å². The molecule has 3 heterocycles. The van der Waals surface area contributed by atoms with Crippen LogP contribution in [-0.4, -0.2) is 77.1 Å². The van der Waals surface area contributed by atoms with Gasteiger partial charge in [-0.05, 0) is 18.9 Å². The van der Waals surface area contributed by atoms with Crippen LogP contribution in [0.1, 0.15) is 32.1 Å². The minimum absolute atomic E-state index is 0.0362. The highest BCUT2D eigenvalue weighted by Gasteiger charge is 2.31. The monoisotopic (exact) mass is 375 g/mol. The van der Waals surface area contributed by atoms with Gasteiger partial charge in [-0.15, -0.1) is 0 Å². The number of rotatable bonds is 3. The Hall–Kier alpha value is -2.09. The molecule has 3 fully saturated rings. The molecule has 1 saturated carbocycles. The molecule has 1 aromatic heterocycles. The third kappa shape index (κ3) is 4.10. The van der Waals surface area contributed by atoms with Gasteiger partial charge < -0.3 is 14.5 Å². The maximum Gasteiger partial charge on any atom is 0.410 e. The van der Waals surface area contributed by atoms with Gasteiger partial charge in [-0.2, -0.15) is 5.10 Å². The summed E-state index contributed by atoms with van der Waals surface area (Å²) >= 11 is 0. The van der Waals surface area contributed by atoms with Crippen molar-refractivity contribution in [1.82, 2.24) is 19.6 Å². The molecule has 1 amide bonds. The number of carbonyl (C=O) groups excluding carboxylic acids is 1. The number of aryl methyl sites for hydroxylation is 1. The first-order chi connectivity index (χ1) is 13.1. The van der Waals surface area contributed by atoms with Crippen LogP contribution in [-0.2, 0) is 11.8 Å². The smallest absolute Gasteiger partial charge is 0.410 e. The fourth-order valence-corrected chi connectivity index (χ4v) is 4.10. The highest BCUT2D eigenvalue weighted by molar-refractivity contribution is 5.68. The Labute approximate surface area is 159 Å². The van der Waals surface area contributed by atoms with Crippen molar-refractivity contribution < 1.29 is 9.53 Å². The van der Waals surface area contributed by atoms with E-state index >= 15 is 0 Å². The first-order valence-corrected chi connectivity index (χ1v) is 10.1. The maximum absolute atomic E-state index is 12.5. The molecule has 27 heavy (non-hydrogen) atoms. The lowest BCUT2D eigenvalue weighted by molar-refractivity contribution is 0.0230. The Bertz CT molecular complexity index is 716. The number of piperazine rings is 1. The summed E-state index contributed by atoms with van der Waals surface area (Å²) in [7, 11) is 1.66. The summed E-state index contributed by atoms with van der Waals surface area (Å²) < 4.78 is 7.11. The van der Waals surface area contributed by atoms with Gasteiger partial charge in [-0.3, -0.25) is 9.69 Å². The first-order valence-electron chi connectivity index (χ1n) is 10.1. The van der Waals surface area contributed by atoms with Crippen molar-refractivity contribution >= 4 is 11.9 Å². The van der Waals surface area contributed by atoms with E-state index in [1.165, 1.54) is 30.0 Å². The highest BCUT2D eigenvalue weighted by atomic mass is 16.6. The molecule has 8 nitrogen and oxygen atoms in total. The van der Waals surface area contributed by atoms with Gasteiger partial charge in [-0.1, -0.05) is 6.42 Å². The molecule has 0 radical (unpaired) electrons. The molecule has 8 heteroatoms. The topological polar surface area (TPSA) is 70.9 Å². The Morgan fingerprint density at radius 1 is 1.04 bits per heavy atom. The van der Waals surface area contributed by atoms with Crippen LogP contribution in [0.4, 0.5) is 10.6 Å². The van der Waals surface area contributed by atoms with Crippen molar-refractivity contribution in [2.75, 3.05) is 44.2 Å². The van der Waals surface area contributed by atoms with Gasteiger partial charge >= 0.3 is 6.09 Å². The van der Waals surface area contributed by atoms with Gasteiger partial charge in [0, 0.05) is 71.3 Å². The molecule has 0 aromatic carbocycles. The molecular weight excluding hydrogens is 346 g/mol. The van der Waals surface area contributed by atoms with Crippen molar-refractivity contribution in [2.24, 2.45) is 7.05 Å². The van der Waals surface area contributed by atoms with E-state index in [1.807, 2.05) is 4.90 Å². The fourth-order valence-electron chi connectivity index (χ4n) is 4.10. The van der Waals surface area contributed by atoms with Crippen LogP contribution < -0.4 is 10.5 Å². The van der Waals surface area contributed by atoms with E-state index in [1.54, 1.807) is 13.1 Å². The second-order valence-corrected chi connectivity index (χ2v) is 7.83. The number of piperidine rings is 1. The molecule has 2 aliphatic heterocycles. The number of aromatic nitrogens is 2. The van der Waals surface area contributed by atoms with Gasteiger partial charge in [-0.25, -0.2) is 9.48 Å². The van der Waals surface area contributed by atoms with E-state index in [0.29, 0.717) is 0 Å². The third-order valence-electron chi connectivity index (χ3n) is 6.14. The van der Waals surface area contributed by atoms with Crippen molar-refractivity contribution in [3.63, 3.8) is 0 Å². The second-order valence-electron chi connectivity index (χ2n) is 7.83. The van der Waals surface area contributed by atoms with Gasteiger partial charge in [0.2, 0.25) is 0 Å². The van der Waals surface area contributed by atoms with E-state index in [-0.39, 0.29) is 17.8 Å². The summed E-state index contributed by atoms with van der Waals surface area (Å²) in [5.41, 5.74) is -0.111. The zero-order valence-corrected chi connectivity index (χ0v) is 16.0. The standard InChI is InChI=1S/C19H29N5O3/c1-21-18(25)6-5-17(20-21)23-9-7-16(8-10-23)27-19(26)24-13-11-22(12-14-24)15-3-2-4-15/h5-6,15-16H,2-4,7-14H2,1H3. The molecule has 0 bridgehead atoms. The fraction of sp³-hybridized carbons (Fsp3) is 0.737. The molecule has 148 valence electrons. The third-order valence-corrected chi connectivity index (χ3v) is 6.14. The van der Waals surface area contributed by atoms with Crippen LogP contribution in [0.15, 0.2) is 16.9 Å². The minimum Gasteiger partial charge on any atom is -0.446 e. The number of ether oxygens (including phenoxy) is 1. The zero-order valence-electron chi connectivity index (χ0n) is 16.0. The van der Waals surface area contributed by atoms with Crippen molar-refractivity contribution in [3.8, 4) is 0 Å². The number of anilines is 1. The van der Waals surface area contributed by atoms with E-state index < -0.39 is 0 Å². The second kappa shape index (κ2) is 7.88. The average Bonchev–Trinajstić information content (AvgIpc) is 2.64. The molecule has 0 atom stereocenters. The SMILES string of the molecule is Cn1nc(N2CCC(OC(=O)N3CCN(C4CCC4)CC3)CC2)ccc1=O. The number of carbonyl (C=O) groups is 1. The molecule has 4 rings (SSSR count). The number of hydrogen-bond acceptors (Lipinski definition) is 6. The average molecular weight is 375 g/mol. The predicted octanol–water partition coefficient (Wildman–Crippen LogP) is 1.06. The molecule has 2 saturated heterocycles. The first kappa shape index (κ1) is 18.3. The number of nitrogens with zero attached hydrogens (tertiary/aromatic N) is 5. The van der Waals surface area contributed by atoms with Gasteiger partial charge in [0.15, 0.2) is 0 Å². The van der Waals surface area contributed by atoms with Gasteiger partial charge in [0.25, 0.3) is 5.56 Å². The van der Waals surface area contributed by atoms with E-state index in [9.17, 15) is 9.59 Å². The lowest BCUT2D eigenvalue weighted by Gasteiger charge is -2.43. The zero-order chi connectivity index (χ0) is 18.8. The molecule has 0 N–H and O–H groups in total. The van der Waals surface area contributed by atoms with Crippen LogP contribution in [0.25, 0.3) is 0 Å². The van der Waals surface area contributed by atoms with Crippen molar-refractivity contribution in [2.45, 2.75) is 44.2 Å². The number of hydrogen-bond donors (Lipinski definition) is 0.